The van der Waals surface area contributed by atoms with Gasteiger partial charge in [0.25, 0.3) is 0 Å². The maximum atomic E-state index is 5.13. The molecule has 78 valence electrons. The molecule has 0 atom stereocenters. The van der Waals surface area contributed by atoms with Crippen LogP contribution < -0.4 is 5.32 Å². The molecule has 1 aromatic heterocycles. The van der Waals surface area contributed by atoms with Crippen molar-refractivity contribution in [3.8, 4) is 0 Å². The Morgan fingerprint density at radius 1 is 1.33 bits per heavy atom. The molecule has 0 saturated carbocycles. The van der Waals surface area contributed by atoms with E-state index in [4.69, 9.17) is 4.74 Å². The number of thiophene rings is 1. The minimum Gasteiger partial charge on any atom is -0.378 e. The van der Waals surface area contributed by atoms with Crippen LogP contribution in [-0.4, -0.2) is 19.3 Å². The Bertz CT molecular complexity index is 461. The fraction of sp³-hybridized carbons (Fsp3) is 0.333. The van der Waals surface area contributed by atoms with E-state index >= 15 is 0 Å². The van der Waals surface area contributed by atoms with Crippen LogP contribution in [0.1, 0.15) is 5.56 Å². The quantitative estimate of drug-likeness (QED) is 0.856. The molecule has 0 bridgehead atoms. The summed E-state index contributed by atoms with van der Waals surface area (Å²) in [5, 5.41) is 7.13. The first-order chi connectivity index (χ1) is 7.43. The van der Waals surface area contributed by atoms with Crippen LogP contribution in [0.3, 0.4) is 0 Å². The summed E-state index contributed by atoms with van der Waals surface area (Å²) in [6.07, 6.45) is 0. The highest BCUT2D eigenvalue weighted by Crippen LogP contribution is 2.25. The molecule has 0 unspecified atom stereocenters. The number of hydrogen-bond donors (Lipinski definition) is 1. The molecule has 3 heteroatoms. The third kappa shape index (κ3) is 1.78. The summed E-state index contributed by atoms with van der Waals surface area (Å²) in [6, 6.07) is 9.13. The summed E-state index contributed by atoms with van der Waals surface area (Å²) in [4.78, 5) is 0. The van der Waals surface area contributed by atoms with Crippen molar-refractivity contribution in [3.05, 3.63) is 35.2 Å². The number of fused-ring (bicyclic) bond motifs is 1. The summed E-state index contributed by atoms with van der Waals surface area (Å²) in [6.45, 7) is 2.68. The lowest BCUT2D eigenvalue weighted by Gasteiger charge is -2.26. The van der Waals surface area contributed by atoms with Crippen molar-refractivity contribution in [2.24, 2.45) is 0 Å². The number of hydrogen-bond acceptors (Lipinski definition) is 3. The normalized spacial score (nSPS) is 16.8. The molecular weight excluding hydrogens is 206 g/mol. The second kappa shape index (κ2) is 3.93. The van der Waals surface area contributed by atoms with Gasteiger partial charge in [0, 0.05) is 11.2 Å². The van der Waals surface area contributed by atoms with Crippen LogP contribution >= 0.6 is 11.3 Å². The first kappa shape index (κ1) is 9.33. The second-order valence-corrected chi connectivity index (χ2v) is 4.78. The van der Waals surface area contributed by atoms with Crippen LogP contribution in [0.5, 0.6) is 0 Å². The van der Waals surface area contributed by atoms with E-state index in [2.05, 4.69) is 35.0 Å². The van der Waals surface area contributed by atoms with Crippen molar-refractivity contribution in [1.82, 2.24) is 5.32 Å². The van der Waals surface area contributed by atoms with Crippen molar-refractivity contribution in [1.29, 1.82) is 0 Å². The van der Waals surface area contributed by atoms with Crippen LogP contribution in [0.25, 0.3) is 10.1 Å². The van der Waals surface area contributed by atoms with Gasteiger partial charge in [-0.25, -0.2) is 0 Å². The van der Waals surface area contributed by atoms with Gasteiger partial charge in [0.05, 0.1) is 19.3 Å². The van der Waals surface area contributed by atoms with Gasteiger partial charge in [-0.2, -0.15) is 0 Å². The average Bonchev–Trinajstić information content (AvgIpc) is 2.60. The van der Waals surface area contributed by atoms with Crippen LogP contribution in [0.4, 0.5) is 0 Å². The van der Waals surface area contributed by atoms with E-state index < -0.39 is 0 Å². The lowest BCUT2D eigenvalue weighted by Crippen LogP contribution is -2.45. The molecule has 1 N–H and O–H groups in total. The lowest BCUT2D eigenvalue weighted by atomic mass is 10.1. The minimum atomic E-state index is 0.559. The second-order valence-electron chi connectivity index (χ2n) is 3.87. The topological polar surface area (TPSA) is 21.3 Å². The van der Waals surface area contributed by atoms with Crippen LogP contribution in [0, 0.1) is 0 Å². The van der Waals surface area contributed by atoms with Crippen molar-refractivity contribution in [2.45, 2.75) is 12.6 Å². The third-order valence-electron chi connectivity index (χ3n) is 2.78. The van der Waals surface area contributed by atoms with Crippen molar-refractivity contribution in [3.63, 3.8) is 0 Å². The van der Waals surface area contributed by atoms with Crippen molar-refractivity contribution < 1.29 is 4.74 Å². The zero-order chi connectivity index (χ0) is 10.1. The van der Waals surface area contributed by atoms with E-state index in [9.17, 15) is 0 Å². The van der Waals surface area contributed by atoms with E-state index in [1.165, 1.54) is 15.6 Å². The lowest BCUT2D eigenvalue weighted by molar-refractivity contribution is -0.00573. The molecule has 0 spiro atoms. The van der Waals surface area contributed by atoms with Gasteiger partial charge in [0.15, 0.2) is 0 Å². The molecule has 0 aliphatic carbocycles. The van der Waals surface area contributed by atoms with Gasteiger partial charge in [0.2, 0.25) is 0 Å². The van der Waals surface area contributed by atoms with Crippen molar-refractivity contribution in [2.75, 3.05) is 13.2 Å². The SMILES string of the molecule is c1ccc2c(CNC3COC3)csc2c1. The Kier molecular flexibility index (Phi) is 2.44. The third-order valence-corrected chi connectivity index (χ3v) is 3.79. The molecule has 2 aromatic rings. The predicted molar refractivity (Wildman–Crippen MR) is 63.3 cm³/mol. The van der Waals surface area contributed by atoms with Gasteiger partial charge in [-0.05, 0) is 22.4 Å². The molecule has 1 aliphatic heterocycles. The standard InChI is InChI=1S/C12H13NOS/c1-2-4-12-11(3-1)9(8-15-12)5-13-10-6-14-7-10/h1-4,8,10,13H,5-7H2. The van der Waals surface area contributed by atoms with E-state index in [0.29, 0.717) is 6.04 Å². The van der Waals surface area contributed by atoms with Gasteiger partial charge < -0.3 is 10.1 Å². The van der Waals surface area contributed by atoms with Crippen LogP contribution in [0.2, 0.25) is 0 Å². The molecule has 2 heterocycles. The maximum Gasteiger partial charge on any atom is 0.0643 e. The highest BCUT2D eigenvalue weighted by Gasteiger charge is 2.17. The van der Waals surface area contributed by atoms with Crippen LogP contribution in [0.15, 0.2) is 29.6 Å². The summed E-state index contributed by atoms with van der Waals surface area (Å²) in [5.74, 6) is 0. The molecule has 15 heavy (non-hydrogen) atoms. The number of nitrogens with one attached hydrogen (secondary N) is 1. The first-order valence-corrected chi connectivity index (χ1v) is 6.08. The zero-order valence-electron chi connectivity index (χ0n) is 8.40. The van der Waals surface area contributed by atoms with Gasteiger partial charge >= 0.3 is 0 Å². The van der Waals surface area contributed by atoms with E-state index in [1.54, 1.807) is 0 Å². The van der Waals surface area contributed by atoms with E-state index in [-0.39, 0.29) is 0 Å². The molecule has 1 aromatic carbocycles. The summed E-state index contributed by atoms with van der Waals surface area (Å²) < 4.78 is 6.51. The van der Waals surface area contributed by atoms with Crippen molar-refractivity contribution >= 4 is 21.4 Å². The number of rotatable bonds is 3. The van der Waals surface area contributed by atoms with E-state index in [0.717, 1.165) is 19.8 Å². The van der Waals surface area contributed by atoms with Gasteiger partial charge in [-0.15, -0.1) is 11.3 Å². The Hall–Kier alpha value is -0.900. The number of ether oxygens (including phenoxy) is 1. The highest BCUT2D eigenvalue weighted by atomic mass is 32.1. The van der Waals surface area contributed by atoms with Gasteiger partial charge in [-0.1, -0.05) is 18.2 Å². The minimum absolute atomic E-state index is 0.559. The van der Waals surface area contributed by atoms with E-state index in [1.807, 2.05) is 11.3 Å². The first-order valence-electron chi connectivity index (χ1n) is 5.20. The van der Waals surface area contributed by atoms with Crippen LogP contribution in [-0.2, 0) is 11.3 Å². The molecule has 2 nitrogen and oxygen atoms in total. The molecule has 1 saturated heterocycles. The molecule has 0 amide bonds. The fourth-order valence-corrected chi connectivity index (χ4v) is 2.74. The zero-order valence-corrected chi connectivity index (χ0v) is 9.22. The molecule has 3 rings (SSSR count). The molecule has 1 fully saturated rings. The Morgan fingerprint density at radius 3 is 3.00 bits per heavy atom. The molecular formula is C12H13NOS. The Morgan fingerprint density at radius 2 is 2.20 bits per heavy atom. The largest absolute Gasteiger partial charge is 0.378 e. The molecule has 0 radical (unpaired) electrons. The summed E-state index contributed by atoms with van der Waals surface area (Å²) >= 11 is 1.82. The number of benzene rings is 1. The smallest absolute Gasteiger partial charge is 0.0643 e. The Balaban J connectivity index is 1.78. The summed E-state index contributed by atoms with van der Waals surface area (Å²) in [5.41, 5.74) is 1.41. The highest BCUT2D eigenvalue weighted by molar-refractivity contribution is 7.17. The Labute approximate surface area is 92.9 Å². The monoisotopic (exact) mass is 219 g/mol. The van der Waals surface area contributed by atoms with Gasteiger partial charge in [0.1, 0.15) is 0 Å². The average molecular weight is 219 g/mol. The fourth-order valence-electron chi connectivity index (χ4n) is 1.78. The predicted octanol–water partition coefficient (Wildman–Crippen LogP) is 2.39. The van der Waals surface area contributed by atoms with Gasteiger partial charge in [-0.3, -0.25) is 0 Å². The maximum absolute atomic E-state index is 5.13. The molecule has 1 aliphatic rings. The summed E-state index contributed by atoms with van der Waals surface area (Å²) in [7, 11) is 0.